The number of carbonyl (C=O) groups excluding carboxylic acids is 1. The molecule has 0 aromatic heterocycles. The molecule has 0 aromatic carbocycles. The lowest BCUT2D eigenvalue weighted by Gasteiger charge is -2.04. The number of hydrogen-bond acceptors (Lipinski definition) is 2. The smallest absolute Gasteiger partial charge is 0.127 e. The largest absolute Gasteiger partial charge is 0.303 e. The quantitative estimate of drug-likeness (QED) is 0.504. The first-order chi connectivity index (χ1) is 4.86. The Kier molecular flexibility index (Phi) is 2.01. The predicted molar refractivity (Wildman–Crippen MR) is 37.0 cm³/mol. The predicted octanol–water partition coefficient (Wildman–Crippen LogP) is 1.21. The van der Waals surface area contributed by atoms with Gasteiger partial charge in [0.25, 0.3) is 0 Å². The fourth-order valence-corrected chi connectivity index (χ4v) is 0.821. The summed E-state index contributed by atoms with van der Waals surface area (Å²) in [5.41, 5.74) is 0.651. The molecule has 2 heteroatoms. The molecule has 1 atom stereocenters. The molecule has 0 bridgehead atoms. The van der Waals surface area contributed by atoms with Crippen molar-refractivity contribution in [1.82, 2.24) is 0 Å². The molecular formula is C8H7NO. The maximum atomic E-state index is 10.2. The molecule has 0 heterocycles. The van der Waals surface area contributed by atoms with Gasteiger partial charge in [-0.3, -0.25) is 0 Å². The van der Waals surface area contributed by atoms with Crippen LogP contribution in [0.4, 0.5) is 0 Å². The Balaban J connectivity index is 2.65. The van der Waals surface area contributed by atoms with Gasteiger partial charge in [-0.25, -0.2) is 0 Å². The molecule has 0 saturated carbocycles. The second kappa shape index (κ2) is 2.98. The van der Waals surface area contributed by atoms with Crippen LogP contribution in [-0.2, 0) is 4.79 Å². The third kappa shape index (κ3) is 1.32. The number of carbonyl (C=O) groups is 1. The first kappa shape index (κ1) is 6.76. The van der Waals surface area contributed by atoms with Crippen molar-refractivity contribution < 1.29 is 4.79 Å². The average molecular weight is 133 g/mol. The molecule has 1 rings (SSSR count). The van der Waals surface area contributed by atoms with Gasteiger partial charge in [0, 0.05) is 11.5 Å². The van der Waals surface area contributed by atoms with Gasteiger partial charge >= 0.3 is 0 Å². The summed E-state index contributed by atoms with van der Waals surface area (Å²) in [6.45, 7) is 0. The Morgan fingerprint density at radius 2 is 2.60 bits per heavy atom. The summed E-state index contributed by atoms with van der Waals surface area (Å²) in [7, 11) is 0. The van der Waals surface area contributed by atoms with Gasteiger partial charge in [-0.2, -0.15) is 5.26 Å². The van der Waals surface area contributed by atoms with E-state index < -0.39 is 0 Å². The Bertz CT molecular complexity index is 232. The van der Waals surface area contributed by atoms with E-state index in [4.69, 9.17) is 5.26 Å². The fourth-order valence-electron chi connectivity index (χ4n) is 0.821. The minimum absolute atomic E-state index is 0.0166. The zero-order chi connectivity index (χ0) is 7.40. The van der Waals surface area contributed by atoms with Crippen molar-refractivity contribution >= 4 is 6.29 Å². The Hall–Kier alpha value is -1.36. The van der Waals surface area contributed by atoms with Crippen LogP contribution < -0.4 is 0 Å². The van der Waals surface area contributed by atoms with Gasteiger partial charge in [-0.15, -0.1) is 0 Å². The second-order valence-electron chi connectivity index (χ2n) is 2.17. The molecule has 10 heavy (non-hydrogen) atoms. The van der Waals surface area contributed by atoms with Crippen LogP contribution in [0.25, 0.3) is 0 Å². The van der Waals surface area contributed by atoms with Gasteiger partial charge in [0.2, 0.25) is 0 Å². The van der Waals surface area contributed by atoms with Crippen molar-refractivity contribution in [2.45, 2.75) is 6.42 Å². The van der Waals surface area contributed by atoms with Crippen LogP contribution in [0.5, 0.6) is 0 Å². The van der Waals surface area contributed by atoms with E-state index in [-0.39, 0.29) is 5.92 Å². The Morgan fingerprint density at radius 3 is 3.00 bits per heavy atom. The van der Waals surface area contributed by atoms with E-state index in [0.29, 0.717) is 12.0 Å². The van der Waals surface area contributed by atoms with E-state index in [0.717, 1.165) is 6.29 Å². The van der Waals surface area contributed by atoms with Crippen LogP contribution >= 0.6 is 0 Å². The van der Waals surface area contributed by atoms with Crippen molar-refractivity contribution in [2.75, 3.05) is 0 Å². The lowest BCUT2D eigenvalue weighted by molar-refractivity contribution is -0.109. The zero-order valence-electron chi connectivity index (χ0n) is 5.45. The van der Waals surface area contributed by atoms with Gasteiger partial charge in [-0.05, 0) is 12.5 Å². The third-order valence-corrected chi connectivity index (χ3v) is 1.44. The first-order valence-electron chi connectivity index (χ1n) is 3.10. The highest BCUT2D eigenvalue weighted by Crippen LogP contribution is 2.12. The molecule has 1 aliphatic carbocycles. The highest BCUT2D eigenvalue weighted by atomic mass is 16.1. The van der Waals surface area contributed by atoms with Crippen molar-refractivity contribution in [2.24, 2.45) is 5.92 Å². The van der Waals surface area contributed by atoms with Crippen LogP contribution in [0.1, 0.15) is 6.42 Å². The third-order valence-electron chi connectivity index (χ3n) is 1.44. The van der Waals surface area contributed by atoms with Gasteiger partial charge in [0.15, 0.2) is 0 Å². The minimum Gasteiger partial charge on any atom is -0.303 e. The highest BCUT2D eigenvalue weighted by Gasteiger charge is 2.05. The monoisotopic (exact) mass is 133 g/mol. The summed E-state index contributed by atoms with van der Waals surface area (Å²) in [5.74, 6) is -0.0166. The number of nitrogens with zero attached hydrogens (tertiary/aromatic N) is 1. The van der Waals surface area contributed by atoms with E-state index >= 15 is 0 Å². The topological polar surface area (TPSA) is 40.9 Å². The van der Waals surface area contributed by atoms with E-state index in [2.05, 4.69) is 0 Å². The van der Waals surface area contributed by atoms with Crippen LogP contribution in [0.15, 0.2) is 23.8 Å². The summed E-state index contributed by atoms with van der Waals surface area (Å²) >= 11 is 0. The summed E-state index contributed by atoms with van der Waals surface area (Å²) in [5, 5.41) is 8.39. The molecule has 0 aliphatic heterocycles. The number of nitriles is 1. The number of hydrogen-bond donors (Lipinski definition) is 0. The van der Waals surface area contributed by atoms with Crippen molar-refractivity contribution in [3.63, 3.8) is 0 Å². The maximum Gasteiger partial charge on any atom is 0.127 e. The lowest BCUT2D eigenvalue weighted by atomic mass is 9.99. The van der Waals surface area contributed by atoms with Gasteiger partial charge < -0.3 is 4.79 Å². The molecule has 0 saturated heterocycles. The van der Waals surface area contributed by atoms with Crippen LogP contribution in [-0.4, -0.2) is 6.29 Å². The van der Waals surface area contributed by atoms with Crippen molar-refractivity contribution in [3.8, 4) is 6.07 Å². The van der Waals surface area contributed by atoms with Crippen LogP contribution in [0.3, 0.4) is 0 Å². The molecule has 0 aromatic rings. The number of rotatable bonds is 1. The van der Waals surface area contributed by atoms with Crippen LogP contribution in [0, 0.1) is 17.2 Å². The molecular weight excluding hydrogens is 126 g/mol. The molecule has 0 amide bonds. The molecule has 0 spiro atoms. The van der Waals surface area contributed by atoms with Gasteiger partial charge in [0.05, 0.1) is 6.07 Å². The minimum atomic E-state index is -0.0166. The molecule has 0 fully saturated rings. The molecule has 0 N–H and O–H groups in total. The fraction of sp³-hybridized carbons (Fsp3) is 0.250. The standard InChI is InChI=1S/C8H7NO/c9-5-7-1-3-8(6-10)4-2-7/h1-3,6,8H,4H2. The maximum absolute atomic E-state index is 10.2. The summed E-state index contributed by atoms with van der Waals surface area (Å²) in [6, 6.07) is 2.01. The van der Waals surface area contributed by atoms with E-state index in [1.165, 1.54) is 0 Å². The molecule has 1 unspecified atom stereocenters. The van der Waals surface area contributed by atoms with Crippen molar-refractivity contribution in [3.05, 3.63) is 23.8 Å². The molecule has 2 nitrogen and oxygen atoms in total. The van der Waals surface area contributed by atoms with Gasteiger partial charge in [0.1, 0.15) is 6.29 Å². The van der Waals surface area contributed by atoms with E-state index in [9.17, 15) is 4.79 Å². The molecule has 0 radical (unpaired) electrons. The molecule has 50 valence electrons. The number of allylic oxidation sites excluding steroid dienone is 4. The highest BCUT2D eigenvalue weighted by molar-refractivity contribution is 5.59. The molecule has 1 aliphatic rings. The average Bonchev–Trinajstić information content (AvgIpc) is 2.05. The Labute approximate surface area is 59.5 Å². The van der Waals surface area contributed by atoms with Gasteiger partial charge in [-0.1, -0.05) is 12.2 Å². The second-order valence-corrected chi connectivity index (χ2v) is 2.17. The Morgan fingerprint density at radius 1 is 1.80 bits per heavy atom. The van der Waals surface area contributed by atoms with Crippen LogP contribution in [0.2, 0.25) is 0 Å². The van der Waals surface area contributed by atoms with E-state index in [1.54, 1.807) is 18.2 Å². The summed E-state index contributed by atoms with van der Waals surface area (Å²) in [6.07, 6.45) is 6.78. The zero-order valence-corrected chi connectivity index (χ0v) is 5.45. The first-order valence-corrected chi connectivity index (χ1v) is 3.10. The normalized spacial score (nSPS) is 23.1. The van der Waals surface area contributed by atoms with E-state index in [1.807, 2.05) is 6.07 Å². The van der Waals surface area contributed by atoms with Crippen molar-refractivity contribution in [1.29, 1.82) is 5.26 Å². The SMILES string of the molecule is N#CC1=CCC(C=O)C=C1. The lowest BCUT2D eigenvalue weighted by Crippen LogP contribution is -1.99. The summed E-state index contributed by atoms with van der Waals surface area (Å²) < 4.78 is 0. The summed E-state index contributed by atoms with van der Waals surface area (Å²) in [4.78, 5) is 10.2. The number of aldehydes is 1.